The summed E-state index contributed by atoms with van der Waals surface area (Å²) in [5.74, 6) is 0. The topological polar surface area (TPSA) is 9.23 Å². The van der Waals surface area contributed by atoms with Crippen molar-refractivity contribution in [2.24, 2.45) is 0 Å². The molecule has 1 aliphatic heterocycles. The molecular formula is C9H9Br2ClOS. The Labute approximate surface area is 109 Å². The maximum Gasteiger partial charge on any atom is 0.0866 e. The lowest BCUT2D eigenvalue weighted by Crippen LogP contribution is -2.12. The number of alkyl halides is 1. The third kappa shape index (κ3) is 2.35. The van der Waals surface area contributed by atoms with Crippen LogP contribution in [0.2, 0.25) is 0 Å². The number of hydrogen-bond acceptors (Lipinski definition) is 2. The molecule has 14 heavy (non-hydrogen) atoms. The Balaban J connectivity index is 2.17. The minimum absolute atomic E-state index is 0.0329. The maximum atomic E-state index is 6.36. The molecule has 0 amide bonds. The van der Waals surface area contributed by atoms with E-state index in [2.05, 4.69) is 37.9 Å². The first-order chi connectivity index (χ1) is 6.68. The van der Waals surface area contributed by atoms with Gasteiger partial charge in [0.1, 0.15) is 0 Å². The van der Waals surface area contributed by atoms with Crippen LogP contribution in [0.15, 0.2) is 13.6 Å². The van der Waals surface area contributed by atoms with Crippen LogP contribution in [0.4, 0.5) is 0 Å². The van der Waals surface area contributed by atoms with Gasteiger partial charge in [0, 0.05) is 6.61 Å². The summed E-state index contributed by atoms with van der Waals surface area (Å²) in [5.41, 5.74) is 1.13. The highest BCUT2D eigenvalue weighted by Gasteiger charge is 2.27. The van der Waals surface area contributed by atoms with Crippen LogP contribution >= 0.6 is 54.8 Å². The van der Waals surface area contributed by atoms with Crippen molar-refractivity contribution in [2.45, 2.75) is 24.3 Å². The van der Waals surface area contributed by atoms with Crippen molar-refractivity contribution in [1.82, 2.24) is 0 Å². The minimum atomic E-state index is -0.0329. The number of halogens is 3. The van der Waals surface area contributed by atoms with Crippen molar-refractivity contribution >= 4 is 54.8 Å². The third-order valence-electron chi connectivity index (χ3n) is 2.27. The highest BCUT2D eigenvalue weighted by molar-refractivity contribution is 9.12. The van der Waals surface area contributed by atoms with Gasteiger partial charge in [-0.05, 0) is 56.3 Å². The van der Waals surface area contributed by atoms with Crippen molar-refractivity contribution < 1.29 is 4.74 Å². The second-order valence-corrected chi connectivity index (χ2v) is 7.45. The fourth-order valence-electron chi connectivity index (χ4n) is 1.57. The normalized spacial score (nSPS) is 24.1. The Kier molecular flexibility index (Phi) is 3.93. The molecule has 1 fully saturated rings. The molecule has 0 aliphatic carbocycles. The molecule has 1 aromatic heterocycles. The fourth-order valence-corrected chi connectivity index (χ4v) is 5.07. The van der Waals surface area contributed by atoms with Crippen LogP contribution in [0.3, 0.4) is 0 Å². The predicted molar refractivity (Wildman–Crippen MR) is 67.3 cm³/mol. The van der Waals surface area contributed by atoms with E-state index >= 15 is 0 Å². The Bertz CT molecular complexity index is 323. The first-order valence-corrected chi connectivity index (χ1v) is 7.23. The average molecular weight is 360 g/mol. The molecule has 0 N–H and O–H groups in total. The molecule has 2 rings (SSSR count). The molecule has 0 saturated carbocycles. The molecule has 0 aromatic carbocycles. The van der Waals surface area contributed by atoms with Crippen LogP contribution in [0.1, 0.15) is 23.8 Å². The monoisotopic (exact) mass is 358 g/mol. The molecule has 2 unspecified atom stereocenters. The molecule has 0 bridgehead atoms. The second-order valence-electron chi connectivity index (χ2n) is 3.23. The van der Waals surface area contributed by atoms with E-state index in [1.807, 2.05) is 0 Å². The molecular weight excluding hydrogens is 351 g/mol. The van der Waals surface area contributed by atoms with Gasteiger partial charge in [-0.2, -0.15) is 0 Å². The molecule has 2 atom stereocenters. The van der Waals surface area contributed by atoms with E-state index in [1.165, 1.54) is 0 Å². The second kappa shape index (κ2) is 4.83. The standard InChI is InChI=1S/C9H9Br2ClOS/c10-7-4-5(9(11)14-7)8(12)6-2-1-3-13-6/h4,6,8H,1-3H2. The van der Waals surface area contributed by atoms with Crippen LogP contribution in [0, 0.1) is 0 Å². The van der Waals surface area contributed by atoms with Gasteiger partial charge in [0.25, 0.3) is 0 Å². The molecule has 5 heteroatoms. The van der Waals surface area contributed by atoms with Crippen LogP contribution in [-0.4, -0.2) is 12.7 Å². The predicted octanol–water partition coefficient (Wildman–Crippen LogP) is 4.73. The summed E-state index contributed by atoms with van der Waals surface area (Å²) in [7, 11) is 0. The van der Waals surface area contributed by atoms with Crippen LogP contribution in [-0.2, 0) is 4.74 Å². The highest BCUT2D eigenvalue weighted by Crippen LogP contribution is 2.41. The number of hydrogen-bond donors (Lipinski definition) is 0. The van der Waals surface area contributed by atoms with E-state index in [9.17, 15) is 0 Å². The smallest absolute Gasteiger partial charge is 0.0866 e. The van der Waals surface area contributed by atoms with Crippen LogP contribution in [0.25, 0.3) is 0 Å². The lowest BCUT2D eigenvalue weighted by atomic mass is 10.1. The van der Waals surface area contributed by atoms with Gasteiger partial charge in [-0.3, -0.25) is 0 Å². The zero-order chi connectivity index (χ0) is 10.1. The SMILES string of the molecule is ClC(c1cc(Br)sc1Br)C1CCCO1. The number of rotatable bonds is 2. The van der Waals surface area contributed by atoms with Crippen molar-refractivity contribution in [1.29, 1.82) is 0 Å². The summed E-state index contributed by atoms with van der Waals surface area (Å²) in [4.78, 5) is 0. The van der Waals surface area contributed by atoms with Crippen LogP contribution in [0.5, 0.6) is 0 Å². The Morgan fingerprint density at radius 3 is 2.86 bits per heavy atom. The summed E-state index contributed by atoms with van der Waals surface area (Å²) >= 11 is 15.0. The van der Waals surface area contributed by atoms with Crippen molar-refractivity contribution in [3.8, 4) is 0 Å². The third-order valence-corrected chi connectivity index (χ3v) is 5.17. The van der Waals surface area contributed by atoms with Crippen LogP contribution < -0.4 is 0 Å². The zero-order valence-corrected chi connectivity index (χ0v) is 12.0. The van der Waals surface area contributed by atoms with Gasteiger partial charge >= 0.3 is 0 Å². The van der Waals surface area contributed by atoms with Crippen molar-refractivity contribution in [2.75, 3.05) is 6.61 Å². The maximum absolute atomic E-state index is 6.36. The number of ether oxygens (including phenoxy) is 1. The zero-order valence-electron chi connectivity index (χ0n) is 7.30. The van der Waals surface area contributed by atoms with Crippen molar-refractivity contribution in [3.63, 3.8) is 0 Å². The van der Waals surface area contributed by atoms with Gasteiger partial charge in [0.2, 0.25) is 0 Å². The molecule has 1 aliphatic rings. The van der Waals surface area contributed by atoms with E-state index in [4.69, 9.17) is 16.3 Å². The lowest BCUT2D eigenvalue weighted by Gasteiger charge is -2.15. The Morgan fingerprint density at radius 2 is 2.36 bits per heavy atom. The summed E-state index contributed by atoms with van der Waals surface area (Å²) in [6.07, 6.45) is 2.36. The number of thiophene rings is 1. The van der Waals surface area contributed by atoms with E-state index in [0.717, 1.165) is 32.6 Å². The van der Waals surface area contributed by atoms with Gasteiger partial charge < -0.3 is 4.74 Å². The van der Waals surface area contributed by atoms with E-state index in [1.54, 1.807) is 11.3 Å². The highest BCUT2D eigenvalue weighted by atomic mass is 79.9. The summed E-state index contributed by atoms with van der Waals surface area (Å²) in [5, 5.41) is -0.0329. The van der Waals surface area contributed by atoms with E-state index < -0.39 is 0 Å². The molecule has 1 nitrogen and oxygen atoms in total. The van der Waals surface area contributed by atoms with E-state index in [0.29, 0.717) is 0 Å². The van der Waals surface area contributed by atoms with Gasteiger partial charge in [-0.1, -0.05) is 0 Å². The van der Waals surface area contributed by atoms with Crippen molar-refractivity contribution in [3.05, 3.63) is 19.2 Å². The Hall–Kier alpha value is 0.910. The lowest BCUT2D eigenvalue weighted by molar-refractivity contribution is 0.107. The summed E-state index contributed by atoms with van der Waals surface area (Å²) < 4.78 is 7.77. The molecule has 0 radical (unpaired) electrons. The quantitative estimate of drug-likeness (QED) is 0.693. The molecule has 78 valence electrons. The fraction of sp³-hybridized carbons (Fsp3) is 0.556. The molecule has 2 heterocycles. The van der Waals surface area contributed by atoms with Gasteiger partial charge in [0.15, 0.2) is 0 Å². The largest absolute Gasteiger partial charge is 0.376 e. The molecule has 1 saturated heterocycles. The van der Waals surface area contributed by atoms with Gasteiger partial charge in [-0.15, -0.1) is 22.9 Å². The summed E-state index contributed by atoms with van der Waals surface area (Å²) in [6, 6.07) is 2.06. The van der Waals surface area contributed by atoms with E-state index in [-0.39, 0.29) is 11.5 Å². The molecule has 1 aromatic rings. The average Bonchev–Trinajstić information content (AvgIpc) is 2.73. The van der Waals surface area contributed by atoms with Gasteiger partial charge in [-0.25, -0.2) is 0 Å². The Morgan fingerprint density at radius 1 is 1.57 bits per heavy atom. The minimum Gasteiger partial charge on any atom is -0.376 e. The first-order valence-electron chi connectivity index (χ1n) is 4.39. The van der Waals surface area contributed by atoms with Gasteiger partial charge in [0.05, 0.1) is 19.1 Å². The first kappa shape index (κ1) is 11.4. The molecule has 0 spiro atoms. The summed E-state index contributed by atoms with van der Waals surface area (Å²) in [6.45, 7) is 0.844.